The summed E-state index contributed by atoms with van der Waals surface area (Å²) in [5.41, 5.74) is 0. The number of nitrogens with one attached hydrogen (secondary N) is 2. The van der Waals surface area contributed by atoms with Crippen LogP contribution in [-0.2, 0) is 16.0 Å². The summed E-state index contributed by atoms with van der Waals surface area (Å²) in [7, 11) is 0. The molecule has 2 heterocycles. The predicted molar refractivity (Wildman–Crippen MR) is 71.7 cm³/mol. The number of likely N-dealkylation sites (tertiary alicyclic amines) is 1. The summed E-state index contributed by atoms with van der Waals surface area (Å²) in [6, 6.07) is -0.119. The van der Waals surface area contributed by atoms with E-state index in [0.29, 0.717) is 38.9 Å². The molecule has 9 nitrogen and oxygen atoms in total. The molecule has 0 saturated carbocycles. The Bertz CT molecular complexity index is 456. The fraction of sp³-hybridized carbons (Fsp3) is 0.667. The Balaban J connectivity index is 1.62. The third kappa shape index (κ3) is 5.03. The third-order valence-electron chi connectivity index (χ3n) is 3.27. The molecule has 3 N–H and O–H groups in total. The summed E-state index contributed by atoms with van der Waals surface area (Å²) >= 11 is 0. The Kier molecular flexibility index (Phi) is 5.50. The largest absolute Gasteiger partial charge is 0.480 e. The van der Waals surface area contributed by atoms with Crippen LogP contribution in [0.25, 0.3) is 0 Å². The first-order valence-electron chi connectivity index (χ1n) is 6.85. The summed E-state index contributed by atoms with van der Waals surface area (Å²) in [6.07, 6.45) is 3.26. The second-order valence-corrected chi connectivity index (χ2v) is 4.81. The molecule has 1 fully saturated rings. The number of H-pyrrole nitrogens is 1. The molecular weight excluding hydrogens is 278 g/mol. The lowest BCUT2D eigenvalue weighted by Crippen LogP contribution is -2.46. The average Bonchev–Trinajstić information content (AvgIpc) is 2.99. The topological polar surface area (TPSA) is 120 Å². The van der Waals surface area contributed by atoms with Crippen LogP contribution < -0.4 is 5.32 Å². The number of aliphatic carboxylic acids is 1. The number of carboxylic acids is 1. The number of hydrogen-bond donors (Lipinski definition) is 3. The lowest BCUT2D eigenvalue weighted by molar-refractivity contribution is -0.145. The van der Waals surface area contributed by atoms with Crippen molar-refractivity contribution in [3.05, 3.63) is 12.2 Å². The van der Waals surface area contributed by atoms with E-state index >= 15 is 0 Å². The van der Waals surface area contributed by atoms with E-state index in [9.17, 15) is 9.59 Å². The lowest BCUT2D eigenvalue weighted by atomic mass is 10.1. The Labute approximate surface area is 121 Å². The van der Waals surface area contributed by atoms with Gasteiger partial charge in [0, 0.05) is 26.1 Å². The number of amides is 2. The summed E-state index contributed by atoms with van der Waals surface area (Å²) < 4.78 is 5.23. The SMILES string of the molecule is O=C(O)COC1CCN(C(=O)NCCc2ncn[nH]2)CC1. The molecule has 1 aliphatic heterocycles. The summed E-state index contributed by atoms with van der Waals surface area (Å²) in [6.45, 7) is 1.34. The van der Waals surface area contributed by atoms with Crippen LogP contribution in [-0.4, -0.2) is 69.5 Å². The van der Waals surface area contributed by atoms with E-state index in [1.54, 1.807) is 4.90 Å². The molecule has 1 saturated heterocycles. The highest BCUT2D eigenvalue weighted by Gasteiger charge is 2.23. The van der Waals surface area contributed by atoms with Gasteiger partial charge in [0.1, 0.15) is 18.8 Å². The molecule has 1 aliphatic rings. The van der Waals surface area contributed by atoms with E-state index in [4.69, 9.17) is 9.84 Å². The van der Waals surface area contributed by atoms with Gasteiger partial charge >= 0.3 is 12.0 Å². The van der Waals surface area contributed by atoms with Gasteiger partial charge in [-0.15, -0.1) is 0 Å². The number of nitrogens with zero attached hydrogens (tertiary/aromatic N) is 3. The number of carbonyl (C=O) groups is 2. The normalized spacial score (nSPS) is 15.9. The van der Waals surface area contributed by atoms with Gasteiger partial charge in [-0.05, 0) is 12.8 Å². The smallest absolute Gasteiger partial charge is 0.329 e. The molecule has 0 aromatic carbocycles. The van der Waals surface area contributed by atoms with Crippen molar-refractivity contribution in [2.24, 2.45) is 0 Å². The highest BCUT2D eigenvalue weighted by molar-refractivity contribution is 5.74. The first kappa shape index (κ1) is 15.2. The maximum absolute atomic E-state index is 11.9. The standard InChI is InChI=1S/C12H19N5O4/c18-11(19)7-21-9-2-5-17(6-3-9)12(20)13-4-1-10-14-8-15-16-10/h8-9H,1-7H2,(H,13,20)(H,18,19)(H,14,15,16). The Morgan fingerprint density at radius 3 is 2.86 bits per heavy atom. The maximum Gasteiger partial charge on any atom is 0.329 e. The number of hydrogen-bond acceptors (Lipinski definition) is 5. The van der Waals surface area contributed by atoms with Gasteiger partial charge in [-0.3, -0.25) is 5.10 Å². The second kappa shape index (κ2) is 7.58. The molecule has 0 bridgehead atoms. The molecule has 2 amide bonds. The Hall–Kier alpha value is -2.16. The van der Waals surface area contributed by atoms with E-state index in [0.717, 1.165) is 5.82 Å². The average molecular weight is 297 g/mol. The number of carbonyl (C=O) groups excluding carboxylic acids is 1. The van der Waals surface area contributed by atoms with Gasteiger partial charge in [0.15, 0.2) is 0 Å². The highest BCUT2D eigenvalue weighted by Crippen LogP contribution is 2.13. The van der Waals surface area contributed by atoms with E-state index in [1.165, 1.54) is 6.33 Å². The monoisotopic (exact) mass is 297 g/mol. The van der Waals surface area contributed by atoms with Gasteiger partial charge in [0.2, 0.25) is 0 Å². The summed E-state index contributed by atoms with van der Waals surface area (Å²) in [5.74, 6) is -0.237. The quantitative estimate of drug-likeness (QED) is 0.658. The Morgan fingerprint density at radius 1 is 1.48 bits per heavy atom. The molecule has 0 radical (unpaired) electrons. The van der Waals surface area contributed by atoms with Gasteiger partial charge in [0.25, 0.3) is 0 Å². The zero-order chi connectivity index (χ0) is 15.1. The number of aromatic nitrogens is 3. The fourth-order valence-corrected chi connectivity index (χ4v) is 2.17. The van der Waals surface area contributed by atoms with Gasteiger partial charge in [-0.1, -0.05) is 0 Å². The van der Waals surface area contributed by atoms with Crippen LogP contribution in [0.4, 0.5) is 4.79 Å². The van der Waals surface area contributed by atoms with E-state index in [2.05, 4.69) is 20.5 Å². The lowest BCUT2D eigenvalue weighted by Gasteiger charge is -2.31. The van der Waals surface area contributed by atoms with Crippen LogP contribution in [0.5, 0.6) is 0 Å². The molecule has 1 aromatic rings. The van der Waals surface area contributed by atoms with Gasteiger partial charge < -0.3 is 20.1 Å². The van der Waals surface area contributed by atoms with Crippen molar-refractivity contribution in [1.29, 1.82) is 0 Å². The van der Waals surface area contributed by atoms with Crippen LogP contribution in [0.2, 0.25) is 0 Å². The predicted octanol–water partition coefficient (Wildman–Crippen LogP) is -0.378. The number of ether oxygens (including phenoxy) is 1. The minimum absolute atomic E-state index is 0.0839. The van der Waals surface area contributed by atoms with Crippen LogP contribution in [0.1, 0.15) is 18.7 Å². The molecular formula is C12H19N5O4. The summed E-state index contributed by atoms with van der Waals surface area (Å²) in [5, 5.41) is 17.8. The van der Waals surface area contributed by atoms with Gasteiger partial charge in [0.05, 0.1) is 6.10 Å². The number of urea groups is 1. The van der Waals surface area contributed by atoms with E-state index in [-0.39, 0.29) is 18.7 Å². The number of aromatic amines is 1. The highest BCUT2D eigenvalue weighted by atomic mass is 16.5. The minimum atomic E-state index is -0.970. The molecule has 9 heteroatoms. The van der Waals surface area contributed by atoms with Crippen molar-refractivity contribution in [3.63, 3.8) is 0 Å². The van der Waals surface area contributed by atoms with Crippen molar-refractivity contribution in [3.8, 4) is 0 Å². The van der Waals surface area contributed by atoms with Crippen LogP contribution in [0.15, 0.2) is 6.33 Å². The first-order valence-corrected chi connectivity index (χ1v) is 6.85. The van der Waals surface area contributed by atoms with Crippen LogP contribution >= 0.6 is 0 Å². The van der Waals surface area contributed by atoms with Gasteiger partial charge in [-0.2, -0.15) is 5.10 Å². The maximum atomic E-state index is 11.9. The van der Waals surface area contributed by atoms with Crippen molar-refractivity contribution >= 4 is 12.0 Å². The molecule has 0 spiro atoms. The van der Waals surface area contributed by atoms with Crippen molar-refractivity contribution in [1.82, 2.24) is 25.4 Å². The fourth-order valence-electron chi connectivity index (χ4n) is 2.17. The molecule has 0 atom stereocenters. The molecule has 1 aromatic heterocycles. The van der Waals surface area contributed by atoms with Crippen molar-refractivity contribution < 1.29 is 19.4 Å². The van der Waals surface area contributed by atoms with Crippen LogP contribution in [0.3, 0.4) is 0 Å². The second-order valence-electron chi connectivity index (χ2n) is 4.81. The van der Waals surface area contributed by atoms with Crippen molar-refractivity contribution in [2.45, 2.75) is 25.4 Å². The molecule has 21 heavy (non-hydrogen) atoms. The van der Waals surface area contributed by atoms with Gasteiger partial charge in [-0.25, -0.2) is 14.6 Å². The first-order chi connectivity index (χ1) is 10.1. The number of piperidine rings is 1. The molecule has 0 aliphatic carbocycles. The number of rotatable bonds is 6. The van der Waals surface area contributed by atoms with E-state index in [1.807, 2.05) is 0 Å². The molecule has 116 valence electrons. The minimum Gasteiger partial charge on any atom is -0.480 e. The zero-order valence-electron chi connectivity index (χ0n) is 11.6. The number of carboxylic acid groups (broad SMARTS) is 1. The molecule has 2 rings (SSSR count). The zero-order valence-corrected chi connectivity index (χ0v) is 11.6. The van der Waals surface area contributed by atoms with Crippen LogP contribution in [0, 0.1) is 0 Å². The van der Waals surface area contributed by atoms with Crippen molar-refractivity contribution in [2.75, 3.05) is 26.2 Å². The van der Waals surface area contributed by atoms with E-state index < -0.39 is 5.97 Å². The Morgan fingerprint density at radius 2 is 2.24 bits per heavy atom. The third-order valence-corrected chi connectivity index (χ3v) is 3.27. The molecule has 0 unspecified atom stereocenters. The summed E-state index contributed by atoms with van der Waals surface area (Å²) in [4.78, 5) is 28.0.